The summed E-state index contributed by atoms with van der Waals surface area (Å²) in [6.45, 7) is 1.73. The SMILES string of the molecule is COc1ccnc(C(=O)N[C@H]2CCC[C@H](OC(=O)C3CC3)[C@@H](Cc3ccc(F)cc3)[C@H](C)OC2=O)c1O. The minimum Gasteiger partial charge on any atom is -0.503 e. The molecule has 9 nitrogen and oxygen atoms in total. The van der Waals surface area contributed by atoms with Crippen LogP contribution >= 0.6 is 0 Å². The monoisotopic (exact) mass is 514 g/mol. The molecule has 2 N–H and O–H groups in total. The van der Waals surface area contributed by atoms with E-state index < -0.39 is 35.9 Å². The van der Waals surface area contributed by atoms with Crippen molar-refractivity contribution in [1.29, 1.82) is 0 Å². The van der Waals surface area contributed by atoms with Crippen LogP contribution in [0.15, 0.2) is 36.5 Å². The number of rotatable bonds is 7. The van der Waals surface area contributed by atoms with Crippen molar-refractivity contribution in [2.45, 2.75) is 63.7 Å². The maximum Gasteiger partial charge on any atom is 0.328 e. The van der Waals surface area contributed by atoms with Gasteiger partial charge in [-0.1, -0.05) is 12.1 Å². The van der Waals surface area contributed by atoms with E-state index in [1.807, 2.05) is 0 Å². The van der Waals surface area contributed by atoms with Crippen molar-refractivity contribution in [2.24, 2.45) is 11.8 Å². The number of aromatic nitrogens is 1. The van der Waals surface area contributed by atoms with Gasteiger partial charge < -0.3 is 24.6 Å². The molecule has 4 atom stereocenters. The van der Waals surface area contributed by atoms with E-state index in [0.717, 1.165) is 18.4 Å². The van der Waals surface area contributed by atoms with Gasteiger partial charge in [0.1, 0.15) is 24.1 Å². The van der Waals surface area contributed by atoms with E-state index in [0.29, 0.717) is 19.3 Å². The zero-order valence-corrected chi connectivity index (χ0v) is 20.8. The Bertz CT molecular complexity index is 1140. The smallest absolute Gasteiger partial charge is 0.328 e. The van der Waals surface area contributed by atoms with Gasteiger partial charge in [0, 0.05) is 18.2 Å². The van der Waals surface area contributed by atoms with Gasteiger partial charge in [-0.05, 0) is 63.1 Å². The number of carbonyl (C=O) groups is 3. The van der Waals surface area contributed by atoms with Gasteiger partial charge in [0.05, 0.1) is 13.0 Å². The van der Waals surface area contributed by atoms with Crippen molar-refractivity contribution in [1.82, 2.24) is 10.3 Å². The first-order valence-corrected chi connectivity index (χ1v) is 12.4. The van der Waals surface area contributed by atoms with Crippen molar-refractivity contribution in [3.8, 4) is 11.5 Å². The van der Waals surface area contributed by atoms with Gasteiger partial charge >= 0.3 is 11.9 Å². The normalized spacial score (nSPS) is 24.1. The molecule has 1 saturated heterocycles. The number of aromatic hydroxyl groups is 1. The fourth-order valence-electron chi connectivity index (χ4n) is 4.54. The van der Waals surface area contributed by atoms with Crippen LogP contribution in [0.2, 0.25) is 0 Å². The Morgan fingerprint density at radius 3 is 2.57 bits per heavy atom. The molecule has 1 aromatic carbocycles. The zero-order chi connectivity index (χ0) is 26.5. The van der Waals surface area contributed by atoms with Crippen LogP contribution in [-0.2, 0) is 25.5 Å². The summed E-state index contributed by atoms with van der Waals surface area (Å²) >= 11 is 0. The largest absolute Gasteiger partial charge is 0.503 e. The summed E-state index contributed by atoms with van der Waals surface area (Å²) < 4.78 is 30.1. The van der Waals surface area contributed by atoms with Crippen LogP contribution in [0.4, 0.5) is 4.39 Å². The topological polar surface area (TPSA) is 124 Å². The lowest BCUT2D eigenvalue weighted by Crippen LogP contribution is -2.44. The second-order valence-electron chi connectivity index (χ2n) is 9.55. The lowest BCUT2D eigenvalue weighted by Gasteiger charge is -2.31. The van der Waals surface area contributed by atoms with Crippen LogP contribution in [-0.4, -0.2) is 53.3 Å². The van der Waals surface area contributed by atoms with Crippen molar-refractivity contribution in [2.75, 3.05) is 7.11 Å². The predicted octanol–water partition coefficient (Wildman–Crippen LogP) is 3.33. The second kappa shape index (κ2) is 11.6. The first kappa shape index (κ1) is 26.4. The van der Waals surface area contributed by atoms with Crippen molar-refractivity contribution < 1.29 is 38.1 Å². The quantitative estimate of drug-likeness (QED) is 0.540. The molecule has 1 amide bonds. The fourth-order valence-corrected chi connectivity index (χ4v) is 4.54. The number of hydrogen-bond donors (Lipinski definition) is 2. The molecule has 0 unspecified atom stereocenters. The van der Waals surface area contributed by atoms with Crippen molar-refractivity contribution >= 4 is 17.8 Å². The van der Waals surface area contributed by atoms with E-state index in [4.69, 9.17) is 14.2 Å². The minimum absolute atomic E-state index is 0.0785. The van der Waals surface area contributed by atoms with Gasteiger partial charge in [-0.2, -0.15) is 0 Å². The van der Waals surface area contributed by atoms with Crippen LogP contribution in [0.3, 0.4) is 0 Å². The maximum absolute atomic E-state index is 13.4. The Hall–Kier alpha value is -3.69. The molecule has 0 bridgehead atoms. The molecule has 1 saturated carbocycles. The molecule has 4 rings (SSSR count). The summed E-state index contributed by atoms with van der Waals surface area (Å²) in [4.78, 5) is 42.4. The summed E-state index contributed by atoms with van der Waals surface area (Å²) in [6.07, 6.45) is 3.33. The van der Waals surface area contributed by atoms with Crippen molar-refractivity contribution in [3.05, 3.63) is 53.6 Å². The van der Waals surface area contributed by atoms with Gasteiger partial charge in [-0.25, -0.2) is 14.2 Å². The first-order chi connectivity index (χ1) is 17.8. The van der Waals surface area contributed by atoms with E-state index in [-0.39, 0.29) is 41.5 Å². The average molecular weight is 515 g/mol. The third-order valence-corrected chi connectivity index (χ3v) is 6.84. The maximum atomic E-state index is 13.4. The number of benzene rings is 1. The molecule has 37 heavy (non-hydrogen) atoms. The molecule has 2 aliphatic rings. The number of halogens is 1. The number of cyclic esters (lactones) is 1. The lowest BCUT2D eigenvalue weighted by atomic mass is 9.87. The molecule has 2 aromatic rings. The van der Waals surface area contributed by atoms with Crippen LogP contribution in [0, 0.1) is 17.7 Å². The van der Waals surface area contributed by atoms with E-state index in [1.165, 1.54) is 31.5 Å². The van der Waals surface area contributed by atoms with E-state index in [9.17, 15) is 23.9 Å². The number of esters is 2. The molecule has 0 spiro atoms. The molecule has 10 heteroatoms. The van der Waals surface area contributed by atoms with Gasteiger partial charge in [0.15, 0.2) is 17.2 Å². The highest BCUT2D eigenvalue weighted by Gasteiger charge is 2.39. The molecule has 198 valence electrons. The number of nitrogens with one attached hydrogen (secondary N) is 1. The van der Waals surface area contributed by atoms with Gasteiger partial charge in [0.25, 0.3) is 5.91 Å². The van der Waals surface area contributed by atoms with Gasteiger partial charge in [-0.15, -0.1) is 0 Å². The van der Waals surface area contributed by atoms with E-state index >= 15 is 0 Å². The third kappa shape index (κ3) is 6.55. The number of hydrogen-bond acceptors (Lipinski definition) is 8. The van der Waals surface area contributed by atoms with E-state index in [1.54, 1.807) is 19.1 Å². The number of methoxy groups -OCH3 is 1. The summed E-state index contributed by atoms with van der Waals surface area (Å²) in [5.74, 6) is -2.80. The summed E-state index contributed by atoms with van der Waals surface area (Å²) in [5, 5.41) is 12.9. The Morgan fingerprint density at radius 2 is 1.89 bits per heavy atom. The molecular weight excluding hydrogens is 483 g/mol. The van der Waals surface area contributed by atoms with E-state index in [2.05, 4.69) is 10.3 Å². The highest BCUT2D eigenvalue weighted by molar-refractivity contribution is 5.97. The van der Waals surface area contributed by atoms with Crippen LogP contribution in [0.5, 0.6) is 11.5 Å². The number of carbonyl (C=O) groups excluding carboxylic acids is 3. The molecule has 2 heterocycles. The third-order valence-electron chi connectivity index (χ3n) is 6.84. The van der Waals surface area contributed by atoms with Crippen LogP contribution < -0.4 is 10.1 Å². The molecule has 2 fully saturated rings. The molecule has 0 radical (unpaired) electrons. The lowest BCUT2D eigenvalue weighted by molar-refractivity contribution is -0.162. The summed E-state index contributed by atoms with van der Waals surface area (Å²) in [6, 6.07) is 6.46. The first-order valence-electron chi connectivity index (χ1n) is 12.4. The minimum atomic E-state index is -0.994. The Kier molecular flexibility index (Phi) is 8.25. The Morgan fingerprint density at radius 1 is 1.16 bits per heavy atom. The molecular formula is C27H31FN2O7. The van der Waals surface area contributed by atoms with Crippen molar-refractivity contribution in [3.63, 3.8) is 0 Å². The Balaban J connectivity index is 1.52. The standard InChI is InChI=1S/C27H31FN2O7/c1-15-19(14-16-6-10-18(28)11-7-16)21(37-26(33)17-8-9-17)5-3-4-20(27(34)36-15)30-25(32)23-24(31)22(35-2)12-13-29-23/h6-7,10-13,15,17,19-21,31H,3-5,8-9,14H2,1-2H3,(H,30,32)/t15-,19-,20-,21-/m0/s1. The highest BCUT2D eigenvalue weighted by atomic mass is 19.1. The molecule has 1 aromatic heterocycles. The molecule has 1 aliphatic heterocycles. The van der Waals surface area contributed by atoms with Crippen LogP contribution in [0.1, 0.15) is 55.1 Å². The Labute approximate surface area is 214 Å². The highest BCUT2D eigenvalue weighted by Crippen LogP contribution is 2.34. The number of ether oxygens (including phenoxy) is 3. The summed E-state index contributed by atoms with van der Waals surface area (Å²) in [7, 11) is 1.35. The van der Waals surface area contributed by atoms with Gasteiger partial charge in [0.2, 0.25) is 0 Å². The fraction of sp³-hybridized carbons (Fsp3) is 0.481. The second-order valence-corrected chi connectivity index (χ2v) is 9.55. The number of amides is 1. The average Bonchev–Trinajstić information content (AvgIpc) is 3.72. The van der Waals surface area contributed by atoms with Gasteiger partial charge in [-0.3, -0.25) is 9.59 Å². The zero-order valence-electron chi connectivity index (χ0n) is 20.8. The number of pyridine rings is 1. The predicted molar refractivity (Wildman–Crippen MR) is 129 cm³/mol. The molecule has 1 aliphatic carbocycles. The van der Waals surface area contributed by atoms with Crippen LogP contribution in [0.25, 0.3) is 0 Å². The number of nitrogens with zero attached hydrogens (tertiary/aromatic N) is 1. The summed E-state index contributed by atoms with van der Waals surface area (Å²) in [5.41, 5.74) is 0.552.